The Kier molecular flexibility index (Phi) is 2.86. The Hall–Kier alpha value is -0.340. The molecule has 3 saturated carbocycles. The van der Waals surface area contributed by atoms with Crippen LogP contribution in [0.3, 0.4) is 0 Å². The molecule has 5 aliphatic rings. The zero-order valence-corrected chi connectivity index (χ0v) is 12.8. The molecule has 0 spiro atoms. The zero-order valence-electron chi connectivity index (χ0n) is 12.8. The third kappa shape index (κ3) is 1.56. The van der Waals surface area contributed by atoms with E-state index in [2.05, 4.69) is 6.08 Å². The Bertz CT molecular complexity index is 470. The zero-order chi connectivity index (χ0) is 14.1. The summed E-state index contributed by atoms with van der Waals surface area (Å²) in [6, 6.07) is 0. The summed E-state index contributed by atoms with van der Waals surface area (Å²) in [7, 11) is 0. The highest BCUT2D eigenvalue weighted by Gasteiger charge is 2.66. The lowest BCUT2D eigenvalue weighted by Crippen LogP contribution is -2.39. The van der Waals surface area contributed by atoms with Crippen molar-refractivity contribution in [2.45, 2.75) is 38.5 Å². The Labute approximate surface area is 127 Å². The number of aliphatic hydroxyl groups excluding tert-OH is 2. The summed E-state index contributed by atoms with van der Waals surface area (Å²) >= 11 is 0. The fourth-order valence-corrected chi connectivity index (χ4v) is 7.90. The second-order valence-corrected chi connectivity index (χ2v) is 8.53. The van der Waals surface area contributed by atoms with Crippen LogP contribution < -0.4 is 0 Å². The minimum atomic E-state index is 0.366. The smallest absolute Gasteiger partial charge is 0.0436 e. The molecule has 2 heteroatoms. The Morgan fingerprint density at radius 3 is 2.57 bits per heavy atom. The number of aliphatic hydroxyl groups is 2. The van der Waals surface area contributed by atoms with Gasteiger partial charge < -0.3 is 10.2 Å². The predicted octanol–water partition coefficient (Wildman–Crippen LogP) is 2.85. The van der Waals surface area contributed by atoms with Crippen LogP contribution >= 0.6 is 0 Å². The first-order valence-electron chi connectivity index (χ1n) is 9.26. The molecule has 0 amide bonds. The van der Waals surface area contributed by atoms with Gasteiger partial charge in [-0.1, -0.05) is 11.6 Å². The highest BCUT2D eigenvalue weighted by molar-refractivity contribution is 5.33. The molecule has 2 nitrogen and oxygen atoms in total. The lowest BCUT2D eigenvalue weighted by atomic mass is 9.60. The molecule has 0 aromatic rings. The first kappa shape index (κ1) is 13.1. The van der Waals surface area contributed by atoms with Crippen molar-refractivity contribution in [3.63, 3.8) is 0 Å². The number of hydrogen-bond acceptors (Lipinski definition) is 2. The molecule has 0 saturated heterocycles. The van der Waals surface area contributed by atoms with Crippen molar-refractivity contribution >= 4 is 0 Å². The molecule has 5 rings (SSSR count). The molecule has 9 unspecified atom stereocenters. The van der Waals surface area contributed by atoms with Gasteiger partial charge in [-0.2, -0.15) is 0 Å². The molecule has 3 fully saturated rings. The van der Waals surface area contributed by atoms with Crippen molar-refractivity contribution in [2.24, 2.45) is 53.3 Å². The molecule has 0 radical (unpaired) electrons. The second-order valence-electron chi connectivity index (χ2n) is 8.53. The van der Waals surface area contributed by atoms with E-state index in [9.17, 15) is 10.2 Å². The van der Waals surface area contributed by atoms with E-state index in [1.54, 1.807) is 5.57 Å². The van der Waals surface area contributed by atoms with Crippen molar-refractivity contribution in [3.05, 3.63) is 11.6 Å². The van der Waals surface area contributed by atoms with E-state index >= 15 is 0 Å². The number of hydrogen-bond donors (Lipinski definition) is 2. The first-order valence-corrected chi connectivity index (χ1v) is 9.26. The Balaban J connectivity index is 1.41. The lowest BCUT2D eigenvalue weighted by molar-refractivity contribution is 0.0630. The van der Waals surface area contributed by atoms with Crippen molar-refractivity contribution in [2.75, 3.05) is 13.2 Å². The quantitative estimate of drug-likeness (QED) is 0.781. The SMILES string of the molecule is OCCC1CC2C=C1C1C3CC(C4C(CCO)CCC34)C21. The van der Waals surface area contributed by atoms with E-state index in [-0.39, 0.29) is 0 Å². The fraction of sp³-hybridized carbons (Fsp3) is 0.895. The van der Waals surface area contributed by atoms with Crippen molar-refractivity contribution in [1.82, 2.24) is 0 Å². The van der Waals surface area contributed by atoms with Crippen LogP contribution in [-0.4, -0.2) is 23.4 Å². The van der Waals surface area contributed by atoms with E-state index in [0.29, 0.717) is 19.1 Å². The molecule has 0 heterocycles. The molecule has 9 atom stereocenters. The van der Waals surface area contributed by atoms with Crippen LogP contribution in [0, 0.1) is 53.3 Å². The molecule has 4 bridgehead atoms. The van der Waals surface area contributed by atoms with Crippen LogP contribution in [0.5, 0.6) is 0 Å². The normalized spacial score (nSPS) is 55.9. The molecular formula is C19H28O2. The average molecular weight is 288 g/mol. The van der Waals surface area contributed by atoms with Gasteiger partial charge in [0.05, 0.1) is 0 Å². The third-order valence-corrected chi connectivity index (χ3v) is 8.16. The lowest BCUT2D eigenvalue weighted by Gasteiger charge is -2.44. The van der Waals surface area contributed by atoms with Gasteiger partial charge in [-0.3, -0.25) is 0 Å². The van der Waals surface area contributed by atoms with Gasteiger partial charge in [0.15, 0.2) is 0 Å². The van der Waals surface area contributed by atoms with Crippen molar-refractivity contribution in [3.8, 4) is 0 Å². The monoisotopic (exact) mass is 288 g/mol. The van der Waals surface area contributed by atoms with Crippen LogP contribution in [-0.2, 0) is 0 Å². The van der Waals surface area contributed by atoms with E-state index in [1.165, 1.54) is 25.7 Å². The summed E-state index contributed by atoms with van der Waals surface area (Å²) in [4.78, 5) is 0. The Morgan fingerprint density at radius 2 is 1.76 bits per heavy atom. The van der Waals surface area contributed by atoms with Crippen molar-refractivity contribution in [1.29, 1.82) is 0 Å². The minimum Gasteiger partial charge on any atom is -0.396 e. The highest BCUT2D eigenvalue weighted by atomic mass is 16.3. The molecule has 116 valence electrons. The highest BCUT2D eigenvalue weighted by Crippen LogP contribution is 2.73. The summed E-state index contributed by atoms with van der Waals surface area (Å²) in [5.74, 6) is 8.11. The fourth-order valence-electron chi connectivity index (χ4n) is 7.90. The number of rotatable bonds is 4. The summed E-state index contributed by atoms with van der Waals surface area (Å²) in [6.45, 7) is 0.760. The first-order chi connectivity index (χ1) is 10.3. The Morgan fingerprint density at radius 1 is 0.905 bits per heavy atom. The van der Waals surface area contributed by atoms with Gasteiger partial charge in [0.1, 0.15) is 0 Å². The van der Waals surface area contributed by atoms with Gasteiger partial charge in [-0.05, 0) is 91.8 Å². The number of fused-ring (bicyclic) bond motifs is 11. The van der Waals surface area contributed by atoms with Crippen LogP contribution in [0.4, 0.5) is 0 Å². The number of allylic oxidation sites excluding steroid dienone is 2. The van der Waals surface area contributed by atoms with Gasteiger partial charge in [0.25, 0.3) is 0 Å². The topological polar surface area (TPSA) is 40.5 Å². The van der Waals surface area contributed by atoms with Gasteiger partial charge in [0, 0.05) is 13.2 Å². The maximum Gasteiger partial charge on any atom is 0.0436 e. The standard InChI is InChI=1S/C19H28O2/c20-5-3-10-1-2-13-15-9-16(17(10)13)18-12-7-11(4-6-21)14(8-12)19(15)18/h8,10-13,15-21H,1-7,9H2. The average Bonchev–Trinajstić information content (AvgIpc) is 3.21. The molecule has 0 aliphatic heterocycles. The van der Waals surface area contributed by atoms with E-state index in [0.717, 1.165) is 60.2 Å². The summed E-state index contributed by atoms with van der Waals surface area (Å²) in [5.41, 5.74) is 1.77. The van der Waals surface area contributed by atoms with E-state index in [4.69, 9.17) is 0 Å². The molecular weight excluding hydrogens is 260 g/mol. The summed E-state index contributed by atoms with van der Waals surface area (Å²) in [6.07, 6.45) is 10.3. The van der Waals surface area contributed by atoms with Crippen LogP contribution in [0.25, 0.3) is 0 Å². The largest absolute Gasteiger partial charge is 0.396 e. The van der Waals surface area contributed by atoms with E-state index in [1.807, 2.05) is 0 Å². The maximum atomic E-state index is 9.37. The minimum absolute atomic E-state index is 0.366. The second kappa shape index (κ2) is 4.58. The van der Waals surface area contributed by atoms with Gasteiger partial charge in [-0.25, -0.2) is 0 Å². The van der Waals surface area contributed by atoms with Crippen LogP contribution in [0.15, 0.2) is 11.6 Å². The summed E-state index contributed by atoms with van der Waals surface area (Å²) < 4.78 is 0. The molecule has 21 heavy (non-hydrogen) atoms. The third-order valence-electron chi connectivity index (χ3n) is 8.16. The van der Waals surface area contributed by atoms with Gasteiger partial charge in [-0.15, -0.1) is 0 Å². The molecule has 0 aromatic heterocycles. The molecule has 2 N–H and O–H groups in total. The van der Waals surface area contributed by atoms with Gasteiger partial charge in [0.2, 0.25) is 0 Å². The van der Waals surface area contributed by atoms with Gasteiger partial charge >= 0.3 is 0 Å². The van der Waals surface area contributed by atoms with Crippen LogP contribution in [0.1, 0.15) is 38.5 Å². The maximum absolute atomic E-state index is 9.37. The molecule has 0 aromatic carbocycles. The molecule has 5 aliphatic carbocycles. The van der Waals surface area contributed by atoms with Crippen LogP contribution in [0.2, 0.25) is 0 Å². The predicted molar refractivity (Wildman–Crippen MR) is 81.4 cm³/mol. The van der Waals surface area contributed by atoms with E-state index < -0.39 is 0 Å². The summed E-state index contributed by atoms with van der Waals surface area (Å²) in [5, 5.41) is 18.7. The van der Waals surface area contributed by atoms with Crippen molar-refractivity contribution < 1.29 is 10.2 Å².